The zero-order valence-electron chi connectivity index (χ0n) is 9.64. The zero-order valence-corrected chi connectivity index (χ0v) is 10.5. The summed E-state index contributed by atoms with van der Waals surface area (Å²) in [4.78, 5) is 4.14. The van der Waals surface area contributed by atoms with E-state index in [2.05, 4.69) is 16.4 Å². The van der Waals surface area contributed by atoms with E-state index in [1.807, 2.05) is 18.2 Å². The molecule has 1 aromatic heterocycles. The van der Waals surface area contributed by atoms with Gasteiger partial charge in [-0.3, -0.25) is 0 Å². The Labute approximate surface area is 104 Å². The van der Waals surface area contributed by atoms with Crippen LogP contribution in [0.25, 0.3) is 0 Å². The summed E-state index contributed by atoms with van der Waals surface area (Å²) in [5.41, 5.74) is 6.84. The smallest absolute Gasteiger partial charge is 0.184 e. The molecule has 2 rings (SSSR count). The summed E-state index contributed by atoms with van der Waals surface area (Å²) in [5, 5.41) is 4.83. The first kappa shape index (κ1) is 11.7. The van der Waals surface area contributed by atoms with Crippen molar-refractivity contribution >= 4 is 21.5 Å². The van der Waals surface area contributed by atoms with Crippen LogP contribution >= 0.6 is 11.3 Å². The molecule has 0 aliphatic rings. The summed E-state index contributed by atoms with van der Waals surface area (Å²) in [5.74, 6) is 0.890. The summed E-state index contributed by atoms with van der Waals surface area (Å²) in [7, 11) is 1.68. The number of nitrogens with one attached hydrogen (secondary N) is 1. The molecule has 17 heavy (non-hydrogen) atoms. The van der Waals surface area contributed by atoms with Crippen molar-refractivity contribution in [1.82, 2.24) is 4.98 Å². The van der Waals surface area contributed by atoms with Crippen LogP contribution in [0.3, 0.4) is 0 Å². The van der Waals surface area contributed by atoms with E-state index in [4.69, 9.17) is 10.5 Å². The maximum absolute atomic E-state index is 5.60. The van der Waals surface area contributed by atoms with Crippen molar-refractivity contribution in [2.75, 3.05) is 24.7 Å². The Morgan fingerprint density at radius 2 is 2.35 bits per heavy atom. The predicted octanol–water partition coefficient (Wildman–Crippen LogP) is 2.39. The SMILES string of the molecule is COc1cccc(CCNc2ncc(N)s2)c1. The first-order chi connectivity index (χ1) is 8.28. The lowest BCUT2D eigenvalue weighted by molar-refractivity contribution is 0.414. The molecule has 0 radical (unpaired) electrons. The van der Waals surface area contributed by atoms with Crippen LogP contribution in [0, 0.1) is 0 Å². The lowest BCUT2D eigenvalue weighted by atomic mass is 10.1. The van der Waals surface area contributed by atoms with Gasteiger partial charge in [0.25, 0.3) is 0 Å². The maximum atomic E-state index is 5.60. The number of hydrogen-bond acceptors (Lipinski definition) is 5. The van der Waals surface area contributed by atoms with Gasteiger partial charge in [0.05, 0.1) is 13.3 Å². The number of ether oxygens (including phenoxy) is 1. The van der Waals surface area contributed by atoms with Crippen molar-refractivity contribution in [3.63, 3.8) is 0 Å². The number of nitrogens with two attached hydrogens (primary N) is 1. The van der Waals surface area contributed by atoms with E-state index in [0.717, 1.165) is 28.8 Å². The Morgan fingerprint density at radius 3 is 3.06 bits per heavy atom. The predicted molar refractivity (Wildman–Crippen MR) is 71.7 cm³/mol. The Kier molecular flexibility index (Phi) is 3.82. The number of anilines is 2. The monoisotopic (exact) mass is 249 g/mol. The van der Waals surface area contributed by atoms with Crippen LogP contribution in [0.15, 0.2) is 30.5 Å². The molecule has 4 nitrogen and oxygen atoms in total. The molecule has 1 aromatic carbocycles. The van der Waals surface area contributed by atoms with Crippen LogP contribution in [0.1, 0.15) is 5.56 Å². The van der Waals surface area contributed by atoms with Gasteiger partial charge in [0.2, 0.25) is 0 Å². The number of aromatic nitrogens is 1. The number of thiazole rings is 1. The topological polar surface area (TPSA) is 60.2 Å². The van der Waals surface area contributed by atoms with Crippen LogP contribution < -0.4 is 15.8 Å². The highest BCUT2D eigenvalue weighted by Gasteiger charge is 1.99. The van der Waals surface area contributed by atoms with Crippen molar-refractivity contribution < 1.29 is 4.74 Å². The molecular formula is C12H15N3OS. The Morgan fingerprint density at radius 1 is 1.47 bits per heavy atom. The van der Waals surface area contributed by atoms with Crippen LogP contribution in [0.2, 0.25) is 0 Å². The summed E-state index contributed by atoms with van der Waals surface area (Å²) < 4.78 is 5.18. The van der Waals surface area contributed by atoms with Gasteiger partial charge in [0.15, 0.2) is 5.13 Å². The highest BCUT2D eigenvalue weighted by molar-refractivity contribution is 7.19. The Bertz CT molecular complexity index is 484. The molecule has 2 aromatic rings. The molecule has 0 aliphatic heterocycles. The minimum absolute atomic E-state index is 0.730. The largest absolute Gasteiger partial charge is 0.497 e. The van der Waals surface area contributed by atoms with Crippen LogP contribution in [0.4, 0.5) is 10.1 Å². The zero-order chi connectivity index (χ0) is 12.1. The first-order valence-electron chi connectivity index (χ1n) is 5.36. The lowest BCUT2D eigenvalue weighted by Gasteiger charge is -2.05. The van der Waals surface area contributed by atoms with E-state index in [1.54, 1.807) is 13.3 Å². The maximum Gasteiger partial charge on any atom is 0.184 e. The quantitative estimate of drug-likeness (QED) is 0.854. The second kappa shape index (κ2) is 5.54. The number of methoxy groups -OCH3 is 1. The fraction of sp³-hybridized carbons (Fsp3) is 0.250. The van der Waals surface area contributed by atoms with Gasteiger partial charge in [-0.2, -0.15) is 0 Å². The van der Waals surface area contributed by atoms with E-state index in [-0.39, 0.29) is 0 Å². The molecule has 0 aliphatic carbocycles. The third-order valence-corrected chi connectivity index (χ3v) is 3.13. The molecule has 0 atom stereocenters. The summed E-state index contributed by atoms with van der Waals surface area (Å²) in [6.07, 6.45) is 2.59. The van der Waals surface area contributed by atoms with E-state index in [0.29, 0.717) is 0 Å². The molecule has 0 spiro atoms. The molecule has 90 valence electrons. The van der Waals surface area contributed by atoms with E-state index in [9.17, 15) is 0 Å². The van der Waals surface area contributed by atoms with Gasteiger partial charge in [-0.15, -0.1) is 0 Å². The van der Waals surface area contributed by atoms with Gasteiger partial charge < -0.3 is 15.8 Å². The number of rotatable bonds is 5. The highest BCUT2D eigenvalue weighted by Crippen LogP contribution is 2.19. The van der Waals surface area contributed by atoms with Crippen LogP contribution in [-0.2, 0) is 6.42 Å². The Hall–Kier alpha value is -1.75. The third-order valence-electron chi connectivity index (χ3n) is 2.35. The highest BCUT2D eigenvalue weighted by atomic mass is 32.1. The molecule has 1 heterocycles. The molecule has 0 saturated carbocycles. The van der Waals surface area contributed by atoms with Gasteiger partial charge >= 0.3 is 0 Å². The number of nitrogens with zero attached hydrogens (tertiary/aromatic N) is 1. The second-order valence-electron chi connectivity index (χ2n) is 3.60. The Balaban J connectivity index is 1.85. The van der Waals surface area contributed by atoms with Gasteiger partial charge in [-0.1, -0.05) is 23.5 Å². The lowest BCUT2D eigenvalue weighted by Crippen LogP contribution is -2.04. The van der Waals surface area contributed by atoms with Gasteiger partial charge in [0, 0.05) is 6.54 Å². The first-order valence-corrected chi connectivity index (χ1v) is 6.17. The molecule has 0 unspecified atom stereocenters. The van der Waals surface area contributed by atoms with Crippen molar-refractivity contribution in [3.8, 4) is 5.75 Å². The van der Waals surface area contributed by atoms with E-state index in [1.165, 1.54) is 16.9 Å². The van der Waals surface area contributed by atoms with Gasteiger partial charge in [-0.05, 0) is 24.1 Å². The minimum atomic E-state index is 0.730. The molecule has 5 heteroatoms. The second-order valence-corrected chi connectivity index (χ2v) is 4.66. The van der Waals surface area contributed by atoms with Crippen molar-refractivity contribution in [1.29, 1.82) is 0 Å². The number of hydrogen-bond donors (Lipinski definition) is 2. The fourth-order valence-electron chi connectivity index (χ4n) is 1.51. The summed E-state index contributed by atoms with van der Waals surface area (Å²) in [6, 6.07) is 8.06. The molecule has 3 N–H and O–H groups in total. The normalized spacial score (nSPS) is 10.2. The van der Waals surface area contributed by atoms with E-state index >= 15 is 0 Å². The molecular weight excluding hydrogens is 234 g/mol. The summed E-state index contributed by atoms with van der Waals surface area (Å²) >= 11 is 1.46. The minimum Gasteiger partial charge on any atom is -0.497 e. The van der Waals surface area contributed by atoms with Crippen LogP contribution in [-0.4, -0.2) is 18.6 Å². The van der Waals surface area contributed by atoms with Crippen molar-refractivity contribution in [3.05, 3.63) is 36.0 Å². The van der Waals surface area contributed by atoms with Crippen molar-refractivity contribution in [2.24, 2.45) is 0 Å². The number of benzene rings is 1. The summed E-state index contributed by atoms with van der Waals surface area (Å²) in [6.45, 7) is 0.833. The average molecular weight is 249 g/mol. The number of nitrogen functional groups attached to an aromatic ring is 1. The average Bonchev–Trinajstić information content (AvgIpc) is 2.75. The molecule has 0 saturated heterocycles. The standard InChI is InChI=1S/C12H15N3OS/c1-16-10-4-2-3-9(7-10)5-6-14-12-15-8-11(13)17-12/h2-4,7-8H,5-6,13H2,1H3,(H,14,15). The van der Waals surface area contributed by atoms with E-state index < -0.39 is 0 Å². The molecule has 0 bridgehead atoms. The van der Waals surface area contributed by atoms with Gasteiger partial charge in [0.1, 0.15) is 10.8 Å². The van der Waals surface area contributed by atoms with Gasteiger partial charge in [-0.25, -0.2) is 4.98 Å². The van der Waals surface area contributed by atoms with Crippen LogP contribution in [0.5, 0.6) is 5.75 Å². The third kappa shape index (κ3) is 3.35. The molecule has 0 fully saturated rings. The van der Waals surface area contributed by atoms with Crippen molar-refractivity contribution in [2.45, 2.75) is 6.42 Å². The molecule has 0 amide bonds. The fourth-order valence-corrected chi connectivity index (χ4v) is 2.12.